The van der Waals surface area contributed by atoms with Crippen LogP contribution in [-0.2, 0) is 22.9 Å². The maximum atomic E-state index is 12.3. The van der Waals surface area contributed by atoms with Crippen molar-refractivity contribution in [2.24, 2.45) is 7.05 Å². The Balaban J connectivity index is 1.30. The summed E-state index contributed by atoms with van der Waals surface area (Å²) in [5, 5.41) is 4.75. The van der Waals surface area contributed by atoms with E-state index in [2.05, 4.69) is 21.1 Å². The first kappa shape index (κ1) is 18.4. The van der Waals surface area contributed by atoms with E-state index >= 15 is 0 Å². The summed E-state index contributed by atoms with van der Waals surface area (Å²) in [6.45, 7) is 3.78. The molecule has 5 rings (SSSR count). The van der Waals surface area contributed by atoms with Gasteiger partial charge in [-0.2, -0.15) is 5.10 Å². The fraction of sp³-hybridized carbons (Fsp3) is 0.450. The van der Waals surface area contributed by atoms with Gasteiger partial charge in [0.1, 0.15) is 0 Å². The van der Waals surface area contributed by atoms with Gasteiger partial charge in [-0.15, -0.1) is 0 Å². The summed E-state index contributed by atoms with van der Waals surface area (Å²) in [5.74, 6) is 0. The van der Waals surface area contributed by atoms with Crippen molar-refractivity contribution in [2.75, 3.05) is 44.3 Å². The zero-order chi connectivity index (χ0) is 20.0. The molecule has 152 valence electrons. The normalized spacial score (nSPS) is 19.0. The van der Waals surface area contributed by atoms with E-state index in [0.29, 0.717) is 31.5 Å². The highest BCUT2D eigenvalue weighted by atomic mass is 35.5. The summed E-state index contributed by atoms with van der Waals surface area (Å²) in [5.41, 5.74) is 5.40. The summed E-state index contributed by atoms with van der Waals surface area (Å²) in [6.07, 6.45) is 6.37. The smallest absolute Gasteiger partial charge is 0.410 e. The Morgan fingerprint density at radius 3 is 2.72 bits per heavy atom. The molecule has 3 aliphatic rings. The number of hydrogen-bond donors (Lipinski definition) is 0. The van der Waals surface area contributed by atoms with Gasteiger partial charge in [0.25, 0.3) is 0 Å². The van der Waals surface area contributed by atoms with Gasteiger partial charge in [-0.25, -0.2) is 4.79 Å². The number of amides is 1. The van der Waals surface area contributed by atoms with E-state index in [9.17, 15) is 4.79 Å². The number of fused-ring (bicyclic) bond motifs is 1. The van der Waals surface area contributed by atoms with Crippen molar-refractivity contribution in [1.82, 2.24) is 19.7 Å². The van der Waals surface area contributed by atoms with Gasteiger partial charge in [0, 0.05) is 68.9 Å². The van der Waals surface area contributed by atoms with Crippen LogP contribution in [0.5, 0.6) is 0 Å². The maximum absolute atomic E-state index is 12.3. The highest BCUT2D eigenvalue weighted by Crippen LogP contribution is 2.38. The zero-order valence-electron chi connectivity index (χ0n) is 16.2. The SMILES string of the molecule is Cn1cc(C2=Cc3c(N4CCN(C(=O)OC5COC5)CC4)ccnc3C2)c(Cl)n1. The van der Waals surface area contributed by atoms with Crippen molar-refractivity contribution < 1.29 is 14.3 Å². The largest absolute Gasteiger partial charge is 0.441 e. The first-order valence-corrected chi connectivity index (χ1v) is 10.1. The summed E-state index contributed by atoms with van der Waals surface area (Å²) in [6, 6.07) is 2.04. The second-order valence-electron chi connectivity index (χ2n) is 7.56. The summed E-state index contributed by atoms with van der Waals surface area (Å²) >= 11 is 6.29. The summed E-state index contributed by atoms with van der Waals surface area (Å²) in [7, 11) is 1.87. The van der Waals surface area contributed by atoms with E-state index < -0.39 is 0 Å². The van der Waals surface area contributed by atoms with E-state index in [0.717, 1.165) is 47.6 Å². The minimum Gasteiger partial charge on any atom is -0.441 e. The lowest BCUT2D eigenvalue weighted by Crippen LogP contribution is -2.51. The molecule has 0 unspecified atom stereocenters. The number of piperazine rings is 1. The third-order valence-electron chi connectivity index (χ3n) is 5.61. The number of carbonyl (C=O) groups is 1. The molecule has 0 bridgehead atoms. The number of nitrogens with zero attached hydrogens (tertiary/aromatic N) is 5. The maximum Gasteiger partial charge on any atom is 0.410 e. The molecule has 1 amide bonds. The lowest BCUT2D eigenvalue weighted by atomic mass is 10.1. The number of pyridine rings is 1. The molecule has 0 radical (unpaired) electrons. The molecular formula is C20H22ClN5O3. The number of allylic oxidation sites excluding steroid dienone is 1. The van der Waals surface area contributed by atoms with Crippen molar-refractivity contribution in [1.29, 1.82) is 0 Å². The van der Waals surface area contributed by atoms with Gasteiger partial charge in [0.15, 0.2) is 11.3 Å². The number of hydrogen-bond acceptors (Lipinski definition) is 6. The fourth-order valence-electron chi connectivity index (χ4n) is 3.96. The van der Waals surface area contributed by atoms with E-state index in [1.54, 1.807) is 9.58 Å². The Morgan fingerprint density at radius 2 is 2.07 bits per heavy atom. The molecule has 2 aliphatic heterocycles. The Kier molecular flexibility index (Phi) is 4.67. The standard InChI is InChI=1S/C20H22ClN5O3/c1-24-10-16(19(21)23-24)13-8-15-17(9-13)22-3-2-18(15)25-4-6-26(7-5-25)20(27)29-14-11-28-12-14/h2-3,8,10,14H,4-7,9,11-12H2,1H3. The first-order valence-electron chi connectivity index (χ1n) is 9.74. The molecule has 0 N–H and O–H groups in total. The molecule has 2 fully saturated rings. The number of rotatable bonds is 3. The highest BCUT2D eigenvalue weighted by molar-refractivity contribution is 6.31. The summed E-state index contributed by atoms with van der Waals surface area (Å²) < 4.78 is 12.2. The van der Waals surface area contributed by atoms with Gasteiger partial charge >= 0.3 is 6.09 Å². The van der Waals surface area contributed by atoms with Gasteiger partial charge in [-0.05, 0) is 17.7 Å². The molecule has 0 saturated carbocycles. The van der Waals surface area contributed by atoms with Crippen LogP contribution in [0.4, 0.5) is 10.5 Å². The molecule has 4 heterocycles. The van der Waals surface area contributed by atoms with Gasteiger partial charge in [-0.3, -0.25) is 9.67 Å². The predicted molar refractivity (Wildman–Crippen MR) is 109 cm³/mol. The molecular weight excluding hydrogens is 394 g/mol. The number of carbonyl (C=O) groups excluding carboxylic acids is 1. The van der Waals surface area contributed by atoms with Crippen LogP contribution in [0.2, 0.25) is 5.15 Å². The number of anilines is 1. The Morgan fingerprint density at radius 1 is 1.28 bits per heavy atom. The number of halogens is 1. The van der Waals surface area contributed by atoms with Gasteiger partial charge in [-0.1, -0.05) is 11.6 Å². The lowest BCUT2D eigenvalue weighted by molar-refractivity contribution is -0.104. The van der Waals surface area contributed by atoms with E-state index in [1.807, 2.05) is 25.5 Å². The van der Waals surface area contributed by atoms with Crippen molar-refractivity contribution in [3.63, 3.8) is 0 Å². The predicted octanol–water partition coefficient (Wildman–Crippen LogP) is 2.22. The van der Waals surface area contributed by atoms with Crippen LogP contribution >= 0.6 is 11.6 Å². The van der Waals surface area contributed by atoms with Crippen LogP contribution in [0.15, 0.2) is 18.5 Å². The van der Waals surface area contributed by atoms with Crippen molar-refractivity contribution in [3.05, 3.63) is 40.4 Å². The zero-order valence-corrected chi connectivity index (χ0v) is 16.9. The molecule has 1 aliphatic carbocycles. The highest BCUT2D eigenvalue weighted by Gasteiger charge is 2.29. The topological polar surface area (TPSA) is 72.7 Å². The van der Waals surface area contributed by atoms with Crippen LogP contribution in [0, 0.1) is 0 Å². The van der Waals surface area contributed by atoms with Crippen molar-refractivity contribution in [2.45, 2.75) is 12.5 Å². The molecule has 9 heteroatoms. The van der Waals surface area contributed by atoms with E-state index in [4.69, 9.17) is 21.1 Å². The Labute approximate surface area is 173 Å². The molecule has 2 saturated heterocycles. The van der Waals surface area contributed by atoms with Crippen molar-refractivity contribution >= 4 is 35.0 Å². The lowest BCUT2D eigenvalue weighted by Gasteiger charge is -2.37. The quantitative estimate of drug-likeness (QED) is 0.765. The average molecular weight is 416 g/mol. The van der Waals surface area contributed by atoms with Crippen LogP contribution in [0.25, 0.3) is 11.6 Å². The van der Waals surface area contributed by atoms with Gasteiger partial charge in [0.05, 0.1) is 18.9 Å². The van der Waals surface area contributed by atoms with Crippen molar-refractivity contribution in [3.8, 4) is 0 Å². The van der Waals surface area contributed by atoms with E-state index in [1.165, 1.54) is 0 Å². The minimum absolute atomic E-state index is 0.0909. The van der Waals surface area contributed by atoms with Gasteiger partial charge < -0.3 is 19.3 Å². The van der Waals surface area contributed by atoms with Crippen LogP contribution in [0.1, 0.15) is 16.8 Å². The third kappa shape index (κ3) is 3.47. The second-order valence-corrected chi connectivity index (χ2v) is 7.92. The van der Waals surface area contributed by atoms with Gasteiger partial charge in [0.2, 0.25) is 0 Å². The van der Waals surface area contributed by atoms with Crippen LogP contribution < -0.4 is 4.90 Å². The molecule has 2 aromatic rings. The number of aryl methyl sites for hydroxylation is 1. The third-order valence-corrected chi connectivity index (χ3v) is 5.89. The summed E-state index contributed by atoms with van der Waals surface area (Å²) in [4.78, 5) is 20.9. The monoisotopic (exact) mass is 415 g/mol. The number of aromatic nitrogens is 3. The van der Waals surface area contributed by atoms with Crippen LogP contribution in [-0.4, -0.2) is 71.3 Å². The molecule has 8 nitrogen and oxygen atoms in total. The second kappa shape index (κ2) is 7.35. The molecule has 0 atom stereocenters. The Hall–Kier alpha value is -2.58. The molecule has 0 spiro atoms. The first-order chi connectivity index (χ1) is 14.1. The molecule has 0 aromatic carbocycles. The van der Waals surface area contributed by atoms with E-state index in [-0.39, 0.29) is 12.2 Å². The van der Waals surface area contributed by atoms with Crippen LogP contribution in [0.3, 0.4) is 0 Å². The molecule has 2 aromatic heterocycles. The molecule has 29 heavy (non-hydrogen) atoms. The minimum atomic E-state index is -0.244. The number of ether oxygens (including phenoxy) is 2. The fourth-order valence-corrected chi connectivity index (χ4v) is 4.25. The Bertz CT molecular complexity index is 976. The average Bonchev–Trinajstić information content (AvgIpc) is 3.26.